The number of methoxy groups -OCH3 is 1. The van der Waals surface area contributed by atoms with E-state index in [1.165, 1.54) is 41.5 Å². The van der Waals surface area contributed by atoms with Crippen LogP contribution < -0.4 is 0 Å². The van der Waals surface area contributed by atoms with Crippen molar-refractivity contribution in [2.24, 2.45) is 0 Å². The fourth-order valence-corrected chi connectivity index (χ4v) is 3.55. The second-order valence-electron chi connectivity index (χ2n) is 7.78. The summed E-state index contributed by atoms with van der Waals surface area (Å²) in [5.41, 5.74) is 0. The molecule has 13 heteroatoms. The SMILES string of the molecule is CCCCCCOP(C)(=O)OC(C)C(=O)OC(C)C(=O)OCCOC(=O)C(C)OC(=O)C(C)OC. The van der Waals surface area contributed by atoms with Crippen molar-refractivity contribution in [3.05, 3.63) is 0 Å². The van der Waals surface area contributed by atoms with Gasteiger partial charge < -0.3 is 28.2 Å². The van der Waals surface area contributed by atoms with Crippen molar-refractivity contribution in [3.8, 4) is 0 Å². The molecule has 0 bridgehead atoms. The van der Waals surface area contributed by atoms with Gasteiger partial charge >= 0.3 is 31.5 Å². The molecular formula is C22H39O12P. The second-order valence-corrected chi connectivity index (χ2v) is 9.80. The van der Waals surface area contributed by atoms with Crippen molar-refractivity contribution >= 4 is 31.5 Å². The molecule has 0 amide bonds. The van der Waals surface area contributed by atoms with Gasteiger partial charge in [-0.25, -0.2) is 19.2 Å². The normalized spacial score (nSPS) is 16.2. The van der Waals surface area contributed by atoms with Crippen molar-refractivity contribution in [2.45, 2.75) is 84.7 Å². The summed E-state index contributed by atoms with van der Waals surface area (Å²) in [4.78, 5) is 47.6. The number of hydrogen-bond donors (Lipinski definition) is 0. The molecule has 0 aromatic rings. The molecule has 5 atom stereocenters. The first-order valence-corrected chi connectivity index (χ1v) is 13.5. The third kappa shape index (κ3) is 14.9. The van der Waals surface area contributed by atoms with Crippen LogP contribution in [0.4, 0.5) is 0 Å². The quantitative estimate of drug-likeness (QED) is 0.112. The Kier molecular flexibility index (Phi) is 16.4. The van der Waals surface area contributed by atoms with E-state index in [9.17, 15) is 23.7 Å². The van der Waals surface area contributed by atoms with Crippen LogP contribution in [0.25, 0.3) is 0 Å². The fourth-order valence-electron chi connectivity index (χ4n) is 2.37. The molecule has 0 heterocycles. The zero-order chi connectivity index (χ0) is 27.0. The van der Waals surface area contributed by atoms with Crippen LogP contribution in [0.3, 0.4) is 0 Å². The zero-order valence-corrected chi connectivity index (χ0v) is 22.5. The molecule has 0 aromatic heterocycles. The standard InChI is InChI=1S/C22H39O12P/c1-8-9-10-11-12-31-35(7,27)34-18(5)22(26)33-17(4)20(24)30-14-13-29-19(23)16(3)32-21(25)15(2)28-6/h15-18H,8-14H2,1-7H3. The lowest BCUT2D eigenvalue weighted by Crippen LogP contribution is -2.33. The van der Waals surface area contributed by atoms with Gasteiger partial charge in [0, 0.05) is 13.8 Å². The van der Waals surface area contributed by atoms with Crippen LogP contribution in [0.1, 0.15) is 60.3 Å². The minimum Gasteiger partial charge on any atom is -0.459 e. The molecule has 0 rings (SSSR count). The first-order valence-electron chi connectivity index (χ1n) is 11.5. The summed E-state index contributed by atoms with van der Waals surface area (Å²) in [6.45, 7) is 8.36. The molecule has 0 aliphatic heterocycles. The molecule has 5 unspecified atom stereocenters. The smallest absolute Gasteiger partial charge is 0.347 e. The second kappa shape index (κ2) is 17.4. The van der Waals surface area contributed by atoms with Crippen LogP contribution in [0.15, 0.2) is 0 Å². The zero-order valence-electron chi connectivity index (χ0n) is 21.6. The van der Waals surface area contributed by atoms with Gasteiger partial charge in [-0.15, -0.1) is 0 Å². The number of esters is 4. The van der Waals surface area contributed by atoms with Crippen molar-refractivity contribution < 1.29 is 56.5 Å². The van der Waals surface area contributed by atoms with Gasteiger partial charge in [-0.3, -0.25) is 9.09 Å². The Labute approximate surface area is 206 Å². The van der Waals surface area contributed by atoms with Crippen LogP contribution in [-0.2, 0) is 56.5 Å². The summed E-state index contributed by atoms with van der Waals surface area (Å²) in [6.07, 6.45) is -0.771. The lowest BCUT2D eigenvalue weighted by molar-refractivity contribution is -0.176. The lowest BCUT2D eigenvalue weighted by Gasteiger charge is -2.20. The van der Waals surface area contributed by atoms with Crippen LogP contribution in [0.5, 0.6) is 0 Å². The van der Waals surface area contributed by atoms with E-state index in [0.717, 1.165) is 25.7 Å². The number of hydrogen-bond acceptors (Lipinski definition) is 12. The summed E-state index contributed by atoms with van der Waals surface area (Å²) in [6, 6.07) is 0. The topological polar surface area (TPSA) is 150 Å². The summed E-state index contributed by atoms with van der Waals surface area (Å²) in [5.74, 6) is -3.37. The minimum absolute atomic E-state index is 0.246. The van der Waals surface area contributed by atoms with Crippen molar-refractivity contribution in [1.82, 2.24) is 0 Å². The Morgan fingerprint density at radius 1 is 0.686 bits per heavy atom. The Morgan fingerprint density at radius 3 is 1.63 bits per heavy atom. The van der Waals surface area contributed by atoms with Gasteiger partial charge in [0.15, 0.2) is 24.4 Å². The van der Waals surface area contributed by atoms with Gasteiger partial charge in [0.2, 0.25) is 0 Å². The van der Waals surface area contributed by atoms with Gasteiger partial charge in [0.05, 0.1) is 6.61 Å². The van der Waals surface area contributed by atoms with E-state index in [1.807, 2.05) is 0 Å². The predicted octanol–water partition coefficient (Wildman–Crippen LogP) is 2.80. The molecule has 0 N–H and O–H groups in total. The Morgan fingerprint density at radius 2 is 1.17 bits per heavy atom. The van der Waals surface area contributed by atoms with Gasteiger partial charge in [-0.05, 0) is 34.1 Å². The Bertz CT molecular complexity index is 725. The maximum Gasteiger partial charge on any atom is 0.347 e. The number of carbonyl (C=O) groups excluding carboxylic acids is 4. The van der Waals surface area contributed by atoms with Crippen molar-refractivity contribution in [1.29, 1.82) is 0 Å². The van der Waals surface area contributed by atoms with Crippen LogP contribution >= 0.6 is 7.60 Å². The average Bonchev–Trinajstić information content (AvgIpc) is 2.79. The first kappa shape index (κ1) is 33.0. The van der Waals surface area contributed by atoms with Gasteiger partial charge in [-0.1, -0.05) is 26.2 Å². The van der Waals surface area contributed by atoms with E-state index in [-0.39, 0.29) is 19.8 Å². The summed E-state index contributed by atoms with van der Waals surface area (Å²) >= 11 is 0. The maximum atomic E-state index is 12.3. The Balaban J connectivity index is 4.29. The molecule has 12 nitrogen and oxygen atoms in total. The summed E-state index contributed by atoms with van der Waals surface area (Å²) in [7, 11) is -2.16. The molecule has 35 heavy (non-hydrogen) atoms. The van der Waals surface area contributed by atoms with E-state index in [1.54, 1.807) is 0 Å². The molecule has 0 spiro atoms. The highest BCUT2D eigenvalue weighted by molar-refractivity contribution is 7.53. The molecule has 0 aliphatic carbocycles. The highest BCUT2D eigenvalue weighted by Gasteiger charge is 2.29. The summed E-state index contributed by atoms with van der Waals surface area (Å²) < 4.78 is 47.2. The monoisotopic (exact) mass is 526 g/mol. The first-order chi connectivity index (χ1) is 16.3. The highest BCUT2D eigenvalue weighted by Crippen LogP contribution is 2.45. The number of unbranched alkanes of at least 4 members (excludes halogenated alkanes) is 3. The van der Waals surface area contributed by atoms with Gasteiger partial charge in [0.1, 0.15) is 13.2 Å². The van der Waals surface area contributed by atoms with E-state index in [4.69, 9.17) is 32.7 Å². The van der Waals surface area contributed by atoms with Crippen LogP contribution in [0, 0.1) is 0 Å². The number of carbonyl (C=O) groups is 4. The minimum atomic E-state index is -3.48. The van der Waals surface area contributed by atoms with Crippen molar-refractivity contribution in [3.63, 3.8) is 0 Å². The van der Waals surface area contributed by atoms with Gasteiger partial charge in [0.25, 0.3) is 0 Å². The summed E-state index contributed by atoms with van der Waals surface area (Å²) in [5, 5.41) is 0. The number of rotatable bonds is 18. The van der Waals surface area contributed by atoms with E-state index in [2.05, 4.69) is 6.92 Å². The third-order valence-electron chi connectivity index (χ3n) is 4.51. The molecule has 0 fully saturated rings. The molecule has 204 valence electrons. The van der Waals surface area contributed by atoms with Crippen molar-refractivity contribution in [2.75, 3.05) is 33.6 Å². The average molecular weight is 527 g/mol. The van der Waals surface area contributed by atoms with Crippen LogP contribution in [-0.4, -0.2) is 81.9 Å². The molecule has 0 saturated heterocycles. The third-order valence-corrected chi connectivity index (χ3v) is 5.86. The van der Waals surface area contributed by atoms with E-state index in [0.29, 0.717) is 0 Å². The molecule has 0 aliphatic rings. The number of ether oxygens (including phenoxy) is 5. The largest absolute Gasteiger partial charge is 0.459 e. The Hall–Kier alpha value is -2.01. The van der Waals surface area contributed by atoms with E-state index < -0.39 is 55.9 Å². The predicted molar refractivity (Wildman–Crippen MR) is 124 cm³/mol. The van der Waals surface area contributed by atoms with E-state index >= 15 is 0 Å². The molecule has 0 saturated carbocycles. The molecular weight excluding hydrogens is 487 g/mol. The highest BCUT2D eigenvalue weighted by atomic mass is 31.2. The van der Waals surface area contributed by atoms with Crippen LogP contribution in [0.2, 0.25) is 0 Å². The lowest BCUT2D eigenvalue weighted by atomic mass is 10.2. The maximum absolute atomic E-state index is 12.3. The van der Waals surface area contributed by atoms with Gasteiger partial charge in [-0.2, -0.15) is 0 Å². The fraction of sp³-hybridized carbons (Fsp3) is 0.818. The molecule has 0 radical (unpaired) electrons. The molecule has 0 aromatic carbocycles.